The Hall–Kier alpha value is -2.18. The molecular weight excluding hydrogens is 360 g/mol. The Balaban J connectivity index is 2.18. The van der Waals surface area contributed by atoms with Gasteiger partial charge in [-0.25, -0.2) is 8.42 Å². The van der Waals surface area contributed by atoms with Gasteiger partial charge in [-0.2, -0.15) is 0 Å². The van der Waals surface area contributed by atoms with Gasteiger partial charge in [0.25, 0.3) is 5.91 Å². The van der Waals surface area contributed by atoms with E-state index in [-0.39, 0.29) is 22.5 Å². The Morgan fingerprint density at radius 1 is 1.07 bits per heavy atom. The monoisotopic (exact) mass is 388 g/mol. The molecule has 1 unspecified atom stereocenters. The summed E-state index contributed by atoms with van der Waals surface area (Å²) in [6.45, 7) is 6.58. The van der Waals surface area contributed by atoms with Gasteiger partial charge >= 0.3 is 0 Å². The van der Waals surface area contributed by atoms with Gasteiger partial charge in [-0.3, -0.25) is 4.79 Å². The zero-order valence-corrected chi connectivity index (χ0v) is 17.4. The van der Waals surface area contributed by atoms with Crippen LogP contribution in [0.25, 0.3) is 0 Å². The highest BCUT2D eigenvalue weighted by molar-refractivity contribution is 7.91. The number of hydrogen-bond acceptors (Lipinski definition) is 4. The molecule has 146 valence electrons. The number of nitrogens with zero attached hydrogens (tertiary/aromatic N) is 1. The molecule has 0 bridgehead atoms. The summed E-state index contributed by atoms with van der Waals surface area (Å²) in [5.41, 5.74) is 3.25. The number of hydrogen-bond donors (Lipinski definition) is 1. The van der Waals surface area contributed by atoms with Crippen molar-refractivity contribution in [2.45, 2.75) is 25.7 Å². The van der Waals surface area contributed by atoms with Gasteiger partial charge in [0.2, 0.25) is 0 Å². The molecule has 5 nitrogen and oxygen atoms in total. The third-order valence-electron chi connectivity index (χ3n) is 4.40. The predicted octanol–water partition coefficient (Wildman–Crippen LogP) is 3.53. The number of anilines is 1. The number of aryl methyl sites for hydroxylation is 2. The van der Waals surface area contributed by atoms with E-state index < -0.39 is 9.84 Å². The fourth-order valence-electron chi connectivity index (χ4n) is 3.00. The molecule has 27 heavy (non-hydrogen) atoms. The average Bonchev–Trinajstić information content (AvgIpc) is 2.57. The molecule has 0 heterocycles. The van der Waals surface area contributed by atoms with Crippen LogP contribution in [-0.4, -0.2) is 45.6 Å². The molecule has 1 amide bonds. The largest absolute Gasteiger partial charge is 0.322 e. The molecular formula is C21H28N2O3S. The van der Waals surface area contributed by atoms with Crippen LogP contribution >= 0.6 is 0 Å². The van der Waals surface area contributed by atoms with E-state index in [0.29, 0.717) is 17.8 Å². The van der Waals surface area contributed by atoms with Crippen molar-refractivity contribution in [3.63, 3.8) is 0 Å². The van der Waals surface area contributed by atoms with Crippen molar-refractivity contribution < 1.29 is 13.2 Å². The lowest BCUT2D eigenvalue weighted by atomic mass is 10.1. The minimum atomic E-state index is -3.45. The van der Waals surface area contributed by atoms with Crippen molar-refractivity contribution in [3.05, 3.63) is 59.2 Å². The van der Waals surface area contributed by atoms with E-state index >= 15 is 0 Å². The van der Waals surface area contributed by atoms with Crippen LogP contribution in [0.2, 0.25) is 0 Å². The van der Waals surface area contributed by atoms with Gasteiger partial charge in [-0.15, -0.1) is 0 Å². The number of benzene rings is 2. The quantitative estimate of drug-likeness (QED) is 0.788. The van der Waals surface area contributed by atoms with E-state index in [2.05, 4.69) is 5.32 Å². The summed E-state index contributed by atoms with van der Waals surface area (Å²) in [7, 11) is 0.382. The minimum absolute atomic E-state index is 0.00184. The summed E-state index contributed by atoms with van der Waals surface area (Å²) in [4.78, 5) is 14.7. The van der Waals surface area contributed by atoms with Crippen molar-refractivity contribution in [2.24, 2.45) is 5.92 Å². The van der Waals surface area contributed by atoms with E-state index in [9.17, 15) is 13.2 Å². The molecule has 0 spiro atoms. The van der Waals surface area contributed by atoms with Crippen LogP contribution in [0.4, 0.5) is 5.69 Å². The standard InChI is InChI=1S/C21H28N2O3S/c1-15(13-23(4)5)14-27(25,26)20-8-6-7-18(12-20)21(24)22-19-10-9-16(2)17(3)11-19/h6-12,15H,13-14H2,1-5H3,(H,22,24). The lowest BCUT2D eigenvalue weighted by molar-refractivity contribution is 0.102. The van der Waals surface area contributed by atoms with Gasteiger partial charge in [0.05, 0.1) is 10.6 Å². The van der Waals surface area contributed by atoms with Crippen molar-refractivity contribution in [1.29, 1.82) is 0 Å². The lowest BCUT2D eigenvalue weighted by Gasteiger charge is -2.17. The van der Waals surface area contributed by atoms with Crippen molar-refractivity contribution in [3.8, 4) is 0 Å². The molecule has 2 aromatic carbocycles. The number of sulfone groups is 1. The maximum absolute atomic E-state index is 12.7. The number of carbonyl (C=O) groups is 1. The number of rotatable bonds is 7. The van der Waals surface area contributed by atoms with Crippen molar-refractivity contribution >= 4 is 21.4 Å². The summed E-state index contributed by atoms with van der Waals surface area (Å²) < 4.78 is 25.4. The third kappa shape index (κ3) is 5.91. The molecule has 0 aliphatic heterocycles. The highest BCUT2D eigenvalue weighted by Gasteiger charge is 2.20. The van der Waals surface area contributed by atoms with E-state index in [4.69, 9.17) is 0 Å². The second-order valence-electron chi connectivity index (χ2n) is 7.43. The predicted molar refractivity (Wildman–Crippen MR) is 110 cm³/mol. The molecule has 2 aromatic rings. The van der Waals surface area contributed by atoms with Gasteiger partial charge in [-0.1, -0.05) is 19.1 Å². The molecule has 2 rings (SSSR count). The molecule has 6 heteroatoms. The number of amides is 1. The summed E-state index contributed by atoms with van der Waals surface area (Å²) in [5, 5.41) is 2.83. The first kappa shape index (κ1) is 21.1. The maximum Gasteiger partial charge on any atom is 0.255 e. The first-order valence-corrected chi connectivity index (χ1v) is 10.6. The van der Waals surface area contributed by atoms with Crippen LogP contribution in [0.1, 0.15) is 28.4 Å². The van der Waals surface area contributed by atoms with Crippen LogP contribution in [0.15, 0.2) is 47.4 Å². The summed E-state index contributed by atoms with van der Waals surface area (Å²) >= 11 is 0. The fraction of sp³-hybridized carbons (Fsp3) is 0.381. The van der Waals surface area contributed by atoms with E-state index in [1.165, 1.54) is 6.07 Å². The molecule has 0 aliphatic carbocycles. The van der Waals surface area contributed by atoms with E-state index in [1.54, 1.807) is 18.2 Å². The van der Waals surface area contributed by atoms with Gasteiger partial charge in [0.15, 0.2) is 9.84 Å². The third-order valence-corrected chi connectivity index (χ3v) is 6.38. The molecule has 0 aliphatic rings. The minimum Gasteiger partial charge on any atom is -0.322 e. The smallest absolute Gasteiger partial charge is 0.255 e. The van der Waals surface area contributed by atoms with Crippen LogP contribution in [0.3, 0.4) is 0 Å². The molecule has 0 radical (unpaired) electrons. The summed E-state index contributed by atoms with van der Waals surface area (Å²) in [6.07, 6.45) is 0. The second-order valence-corrected chi connectivity index (χ2v) is 9.46. The van der Waals surface area contributed by atoms with Gasteiger partial charge in [-0.05, 0) is 75.3 Å². The van der Waals surface area contributed by atoms with Crippen LogP contribution < -0.4 is 5.32 Å². The molecule has 1 atom stereocenters. The Kier molecular flexibility index (Phi) is 6.78. The van der Waals surface area contributed by atoms with Crippen LogP contribution in [-0.2, 0) is 9.84 Å². The van der Waals surface area contributed by atoms with Crippen molar-refractivity contribution in [1.82, 2.24) is 4.90 Å². The maximum atomic E-state index is 12.7. The van der Waals surface area contributed by atoms with Crippen LogP contribution in [0, 0.1) is 19.8 Å². The summed E-state index contributed by atoms with van der Waals surface area (Å²) in [6, 6.07) is 11.9. The Bertz CT molecular complexity index is 921. The van der Waals surface area contributed by atoms with Crippen LogP contribution in [0.5, 0.6) is 0 Å². The molecule has 0 saturated carbocycles. The molecule has 1 N–H and O–H groups in total. The zero-order valence-electron chi connectivity index (χ0n) is 16.6. The number of carbonyl (C=O) groups excluding carboxylic acids is 1. The lowest BCUT2D eigenvalue weighted by Crippen LogP contribution is -2.25. The van der Waals surface area contributed by atoms with Gasteiger partial charge < -0.3 is 10.2 Å². The first-order chi connectivity index (χ1) is 12.6. The average molecular weight is 389 g/mol. The Morgan fingerprint density at radius 2 is 1.78 bits per heavy atom. The van der Waals surface area contributed by atoms with Gasteiger partial charge in [0.1, 0.15) is 0 Å². The topological polar surface area (TPSA) is 66.5 Å². The van der Waals surface area contributed by atoms with E-state index in [0.717, 1.165) is 11.1 Å². The van der Waals surface area contributed by atoms with Crippen molar-refractivity contribution in [2.75, 3.05) is 31.7 Å². The zero-order chi connectivity index (χ0) is 20.2. The van der Waals surface area contributed by atoms with Gasteiger partial charge in [0, 0.05) is 17.8 Å². The first-order valence-electron chi connectivity index (χ1n) is 8.94. The highest BCUT2D eigenvalue weighted by atomic mass is 32.2. The normalized spacial score (nSPS) is 12.8. The Morgan fingerprint density at radius 3 is 2.41 bits per heavy atom. The molecule has 0 aromatic heterocycles. The van der Waals surface area contributed by atoms with E-state index in [1.807, 2.05) is 58.0 Å². The SMILES string of the molecule is Cc1ccc(NC(=O)c2cccc(S(=O)(=O)CC(C)CN(C)C)c2)cc1C. The Labute approximate surface area is 162 Å². The fourth-order valence-corrected chi connectivity index (χ4v) is 4.64. The molecule has 0 fully saturated rings. The second kappa shape index (κ2) is 8.67. The highest BCUT2D eigenvalue weighted by Crippen LogP contribution is 2.19. The number of nitrogens with one attached hydrogen (secondary N) is 1. The molecule has 0 saturated heterocycles. The summed E-state index contributed by atoms with van der Waals surface area (Å²) in [5.74, 6) is -0.275.